The molecule has 1 N–H and O–H groups in total. The second-order valence-corrected chi connectivity index (χ2v) is 6.56. The van der Waals surface area contributed by atoms with E-state index in [0.29, 0.717) is 0 Å². The van der Waals surface area contributed by atoms with Crippen molar-refractivity contribution in [1.82, 2.24) is 10.2 Å². The number of rotatable bonds is 3. The van der Waals surface area contributed by atoms with E-state index in [1.54, 1.807) is 0 Å². The predicted molar refractivity (Wildman–Crippen MR) is 79.8 cm³/mol. The Morgan fingerprint density at radius 1 is 1.16 bits per heavy atom. The van der Waals surface area contributed by atoms with Gasteiger partial charge in [0.05, 0.1) is 0 Å². The Labute approximate surface area is 117 Å². The van der Waals surface area contributed by atoms with Crippen LogP contribution in [0, 0.1) is 11.8 Å². The van der Waals surface area contributed by atoms with E-state index in [4.69, 9.17) is 0 Å². The van der Waals surface area contributed by atoms with Crippen LogP contribution in [0.3, 0.4) is 0 Å². The number of fused-ring (bicyclic) bond motifs is 1. The molecule has 2 heterocycles. The van der Waals surface area contributed by atoms with Gasteiger partial charge < -0.3 is 5.32 Å². The van der Waals surface area contributed by atoms with Gasteiger partial charge in [-0.3, -0.25) is 4.90 Å². The number of nitrogens with zero attached hydrogens (tertiary/aromatic N) is 1. The maximum absolute atomic E-state index is 3.42. The molecule has 1 saturated heterocycles. The van der Waals surface area contributed by atoms with E-state index in [1.165, 1.54) is 42.6 Å². The average Bonchev–Trinajstić information content (AvgIpc) is 2.87. The van der Waals surface area contributed by atoms with Crippen LogP contribution in [0.15, 0.2) is 18.2 Å². The number of hydrogen-bond donors (Lipinski definition) is 1. The quantitative estimate of drug-likeness (QED) is 0.896. The first-order valence-corrected chi connectivity index (χ1v) is 7.76. The lowest BCUT2D eigenvalue weighted by Crippen LogP contribution is -2.34. The third-order valence-corrected chi connectivity index (χ3v) is 4.88. The zero-order valence-corrected chi connectivity index (χ0v) is 12.3. The molecule has 0 spiro atoms. The van der Waals surface area contributed by atoms with E-state index in [2.05, 4.69) is 42.3 Å². The monoisotopic (exact) mass is 258 g/mol. The normalized spacial score (nSPS) is 21.0. The smallest absolute Gasteiger partial charge is 0.0233 e. The SMILES string of the molecule is CC(C)C1CCN(Cc2ccc3c(c2)CNC3)CC1. The predicted octanol–water partition coefficient (Wildman–Crippen LogP) is 3.16. The molecule has 2 nitrogen and oxygen atoms in total. The van der Waals surface area contributed by atoms with E-state index in [0.717, 1.165) is 31.5 Å². The van der Waals surface area contributed by atoms with E-state index in [-0.39, 0.29) is 0 Å². The molecule has 1 fully saturated rings. The third-order valence-electron chi connectivity index (χ3n) is 4.88. The molecule has 2 aliphatic rings. The second-order valence-electron chi connectivity index (χ2n) is 6.56. The van der Waals surface area contributed by atoms with E-state index < -0.39 is 0 Å². The topological polar surface area (TPSA) is 15.3 Å². The standard InChI is InChI=1S/C17H26N2/c1-13(2)15-5-7-19(8-6-15)12-14-3-4-16-10-18-11-17(16)9-14/h3-4,9,13,15,18H,5-8,10-12H2,1-2H3. The van der Waals surface area contributed by atoms with Crippen LogP contribution in [-0.2, 0) is 19.6 Å². The van der Waals surface area contributed by atoms with Gasteiger partial charge in [0.1, 0.15) is 0 Å². The Kier molecular flexibility index (Phi) is 3.90. The van der Waals surface area contributed by atoms with Gasteiger partial charge in [-0.2, -0.15) is 0 Å². The Bertz CT molecular complexity index is 431. The molecule has 2 aliphatic heterocycles. The van der Waals surface area contributed by atoms with Crippen LogP contribution in [-0.4, -0.2) is 18.0 Å². The minimum absolute atomic E-state index is 0.855. The van der Waals surface area contributed by atoms with Crippen LogP contribution in [0.5, 0.6) is 0 Å². The van der Waals surface area contributed by atoms with Crippen LogP contribution in [0.1, 0.15) is 43.4 Å². The Hall–Kier alpha value is -0.860. The third kappa shape index (κ3) is 3.01. The maximum atomic E-state index is 3.42. The summed E-state index contributed by atoms with van der Waals surface area (Å²) >= 11 is 0. The van der Waals surface area contributed by atoms with Crippen molar-refractivity contribution in [2.45, 2.75) is 46.3 Å². The Morgan fingerprint density at radius 3 is 2.63 bits per heavy atom. The highest BCUT2D eigenvalue weighted by molar-refractivity contribution is 5.34. The first kappa shape index (κ1) is 13.1. The summed E-state index contributed by atoms with van der Waals surface area (Å²) < 4.78 is 0. The number of likely N-dealkylation sites (tertiary alicyclic amines) is 1. The first-order chi connectivity index (χ1) is 9.22. The van der Waals surface area contributed by atoms with E-state index >= 15 is 0 Å². The van der Waals surface area contributed by atoms with Gasteiger partial charge in [-0.05, 0) is 54.5 Å². The minimum atomic E-state index is 0.855. The van der Waals surface area contributed by atoms with Crippen molar-refractivity contribution in [3.05, 3.63) is 34.9 Å². The molecule has 0 unspecified atom stereocenters. The van der Waals surface area contributed by atoms with Crippen molar-refractivity contribution < 1.29 is 0 Å². The Balaban J connectivity index is 1.58. The summed E-state index contributed by atoms with van der Waals surface area (Å²) in [6, 6.07) is 7.04. The second kappa shape index (κ2) is 5.64. The number of nitrogens with one attached hydrogen (secondary N) is 1. The highest BCUT2D eigenvalue weighted by Gasteiger charge is 2.21. The number of benzene rings is 1. The molecule has 0 atom stereocenters. The fourth-order valence-electron chi connectivity index (χ4n) is 3.48. The summed E-state index contributed by atoms with van der Waals surface area (Å²) in [5.41, 5.74) is 4.49. The summed E-state index contributed by atoms with van der Waals surface area (Å²) in [4.78, 5) is 2.63. The van der Waals surface area contributed by atoms with Crippen molar-refractivity contribution in [2.75, 3.05) is 13.1 Å². The fraction of sp³-hybridized carbons (Fsp3) is 0.647. The molecule has 0 aliphatic carbocycles. The number of hydrogen-bond acceptors (Lipinski definition) is 2. The molecule has 0 bridgehead atoms. The highest BCUT2D eigenvalue weighted by atomic mass is 15.1. The summed E-state index contributed by atoms with van der Waals surface area (Å²) in [6.45, 7) is 10.5. The van der Waals surface area contributed by atoms with Crippen molar-refractivity contribution in [3.63, 3.8) is 0 Å². The zero-order chi connectivity index (χ0) is 13.2. The molecule has 0 saturated carbocycles. The lowest BCUT2D eigenvalue weighted by molar-refractivity contribution is 0.152. The summed E-state index contributed by atoms with van der Waals surface area (Å²) in [5, 5.41) is 3.42. The molecular formula is C17H26N2. The van der Waals surface area contributed by atoms with Crippen LogP contribution >= 0.6 is 0 Å². The largest absolute Gasteiger partial charge is 0.309 e. The molecule has 19 heavy (non-hydrogen) atoms. The summed E-state index contributed by atoms with van der Waals surface area (Å²) in [5.74, 6) is 1.80. The van der Waals surface area contributed by atoms with Gasteiger partial charge in [-0.1, -0.05) is 32.0 Å². The van der Waals surface area contributed by atoms with Crippen LogP contribution in [0.2, 0.25) is 0 Å². The molecule has 1 aromatic rings. The van der Waals surface area contributed by atoms with Gasteiger partial charge in [0, 0.05) is 19.6 Å². The molecule has 2 heteroatoms. The lowest BCUT2D eigenvalue weighted by atomic mass is 9.86. The van der Waals surface area contributed by atoms with Crippen LogP contribution in [0.25, 0.3) is 0 Å². The molecule has 104 valence electrons. The van der Waals surface area contributed by atoms with Crippen molar-refractivity contribution in [1.29, 1.82) is 0 Å². The van der Waals surface area contributed by atoms with Gasteiger partial charge in [-0.15, -0.1) is 0 Å². The first-order valence-electron chi connectivity index (χ1n) is 7.76. The summed E-state index contributed by atoms with van der Waals surface area (Å²) in [6.07, 6.45) is 2.76. The van der Waals surface area contributed by atoms with Gasteiger partial charge in [-0.25, -0.2) is 0 Å². The van der Waals surface area contributed by atoms with Crippen molar-refractivity contribution in [3.8, 4) is 0 Å². The molecule has 3 rings (SSSR count). The van der Waals surface area contributed by atoms with E-state index in [9.17, 15) is 0 Å². The van der Waals surface area contributed by atoms with Gasteiger partial charge in [0.15, 0.2) is 0 Å². The maximum Gasteiger partial charge on any atom is 0.0233 e. The molecule has 0 amide bonds. The van der Waals surface area contributed by atoms with Gasteiger partial charge >= 0.3 is 0 Å². The Morgan fingerprint density at radius 2 is 1.89 bits per heavy atom. The molecular weight excluding hydrogens is 232 g/mol. The molecule has 0 radical (unpaired) electrons. The molecule has 0 aromatic heterocycles. The number of piperidine rings is 1. The lowest BCUT2D eigenvalue weighted by Gasteiger charge is -2.33. The average molecular weight is 258 g/mol. The highest BCUT2D eigenvalue weighted by Crippen LogP contribution is 2.26. The molecule has 1 aromatic carbocycles. The van der Waals surface area contributed by atoms with Crippen molar-refractivity contribution >= 4 is 0 Å². The zero-order valence-electron chi connectivity index (χ0n) is 12.3. The van der Waals surface area contributed by atoms with Gasteiger partial charge in [0.2, 0.25) is 0 Å². The van der Waals surface area contributed by atoms with Crippen LogP contribution in [0.4, 0.5) is 0 Å². The van der Waals surface area contributed by atoms with Crippen molar-refractivity contribution in [2.24, 2.45) is 11.8 Å². The van der Waals surface area contributed by atoms with Gasteiger partial charge in [0.25, 0.3) is 0 Å². The fourth-order valence-corrected chi connectivity index (χ4v) is 3.48. The van der Waals surface area contributed by atoms with Crippen LogP contribution < -0.4 is 5.32 Å². The minimum Gasteiger partial charge on any atom is -0.309 e. The van der Waals surface area contributed by atoms with E-state index in [1.807, 2.05) is 0 Å². The summed E-state index contributed by atoms with van der Waals surface area (Å²) in [7, 11) is 0.